The molecule has 4 unspecified atom stereocenters. The normalized spacial score (nSPS) is 18.3. The number of likely N-dealkylation sites (tertiary alicyclic amines) is 1. The molecule has 0 aliphatic carbocycles. The van der Waals surface area contributed by atoms with Gasteiger partial charge in [0.25, 0.3) is 0 Å². The molecule has 0 aromatic rings. The van der Waals surface area contributed by atoms with Gasteiger partial charge in [0.15, 0.2) is 0 Å². The minimum Gasteiger partial charge on any atom is -0.462 e. The summed E-state index contributed by atoms with van der Waals surface area (Å²) in [5.41, 5.74) is 0. The van der Waals surface area contributed by atoms with E-state index in [4.69, 9.17) is 9.47 Å². The molecule has 1 fully saturated rings. The minimum absolute atomic E-state index is 0.0880. The molecule has 1 N–H and O–H groups in total. The van der Waals surface area contributed by atoms with E-state index in [2.05, 4.69) is 0 Å². The number of amides is 1. The van der Waals surface area contributed by atoms with Gasteiger partial charge in [0.2, 0.25) is 5.91 Å². The van der Waals surface area contributed by atoms with Crippen molar-refractivity contribution < 1.29 is 33.8 Å². The molecule has 1 aliphatic rings. The summed E-state index contributed by atoms with van der Waals surface area (Å²) in [5.74, 6) is -1.31. The highest BCUT2D eigenvalue weighted by atomic mass is 16.6. The summed E-state index contributed by atoms with van der Waals surface area (Å²) in [7, 11) is 0. The van der Waals surface area contributed by atoms with E-state index in [0.29, 0.717) is 25.8 Å². The van der Waals surface area contributed by atoms with Crippen LogP contribution >= 0.6 is 0 Å². The highest BCUT2D eigenvalue weighted by Gasteiger charge is 2.29. The molecule has 1 heterocycles. The molecular weight excluding hydrogens is 366 g/mol. The van der Waals surface area contributed by atoms with Crippen LogP contribution < -0.4 is 0 Å². The Kier molecular flexibility index (Phi) is 10.1. The van der Waals surface area contributed by atoms with E-state index in [1.54, 1.807) is 4.90 Å². The van der Waals surface area contributed by atoms with Crippen LogP contribution in [-0.2, 0) is 28.7 Å². The number of Topliss-reactive ketones (excluding diaryl/α,β-unsaturated/α-hetero) is 1. The van der Waals surface area contributed by atoms with E-state index < -0.39 is 30.3 Å². The molecule has 1 aliphatic heterocycles. The van der Waals surface area contributed by atoms with Crippen molar-refractivity contribution in [1.82, 2.24) is 4.90 Å². The van der Waals surface area contributed by atoms with Crippen LogP contribution in [0.15, 0.2) is 0 Å². The van der Waals surface area contributed by atoms with E-state index in [9.17, 15) is 24.3 Å². The second kappa shape index (κ2) is 11.8. The zero-order valence-corrected chi connectivity index (χ0v) is 17.3. The topological polar surface area (TPSA) is 110 Å². The first-order chi connectivity index (χ1) is 13.1. The molecule has 0 aromatic heterocycles. The van der Waals surface area contributed by atoms with Crippen molar-refractivity contribution in [2.24, 2.45) is 0 Å². The Hall–Kier alpha value is -1.96. The quantitative estimate of drug-likeness (QED) is 0.393. The van der Waals surface area contributed by atoms with Crippen LogP contribution in [-0.4, -0.2) is 64.5 Å². The summed E-state index contributed by atoms with van der Waals surface area (Å²) >= 11 is 0. The lowest BCUT2D eigenvalue weighted by Crippen LogP contribution is -2.38. The van der Waals surface area contributed by atoms with Crippen LogP contribution in [0.3, 0.4) is 0 Å². The smallest absolute Gasteiger partial charge is 0.313 e. The Morgan fingerprint density at radius 1 is 1.11 bits per heavy atom. The molecule has 4 atom stereocenters. The van der Waals surface area contributed by atoms with Gasteiger partial charge in [-0.25, -0.2) is 0 Å². The summed E-state index contributed by atoms with van der Waals surface area (Å²) in [6, 6.07) is -0.117. The summed E-state index contributed by atoms with van der Waals surface area (Å²) in [6.45, 7) is 7.03. The maximum atomic E-state index is 11.9. The number of hydrogen-bond donors (Lipinski definition) is 1. The van der Waals surface area contributed by atoms with Crippen molar-refractivity contribution in [3.63, 3.8) is 0 Å². The number of rotatable bonds is 12. The molecule has 0 aromatic carbocycles. The van der Waals surface area contributed by atoms with Crippen molar-refractivity contribution >= 4 is 23.6 Å². The molecule has 0 spiro atoms. The lowest BCUT2D eigenvalue weighted by molar-refractivity contribution is -0.156. The van der Waals surface area contributed by atoms with Crippen LogP contribution in [0.4, 0.5) is 0 Å². The summed E-state index contributed by atoms with van der Waals surface area (Å²) in [4.78, 5) is 47.9. The molecular formula is C20H33NO7. The molecule has 160 valence electrons. The van der Waals surface area contributed by atoms with Gasteiger partial charge in [-0.05, 0) is 33.1 Å². The van der Waals surface area contributed by atoms with E-state index in [1.165, 1.54) is 13.8 Å². The number of aliphatic hydroxyl groups is 1. The Labute approximate surface area is 166 Å². The average molecular weight is 399 g/mol. The molecule has 0 radical (unpaired) electrons. The fourth-order valence-electron chi connectivity index (χ4n) is 3.51. The standard InChI is InChI=1S/C20H33NO7/c1-5-17(27-15(4)23)12-18(28-20(26)10-14(3)22)11-16(24)9-13(2)21-8-6-7-19(21)25/h13,16-18,24H,5-12H2,1-4H3. The van der Waals surface area contributed by atoms with Crippen LogP contribution in [0.5, 0.6) is 0 Å². The van der Waals surface area contributed by atoms with Crippen LogP contribution in [0.1, 0.15) is 72.6 Å². The zero-order valence-electron chi connectivity index (χ0n) is 17.3. The number of carbonyl (C=O) groups excluding carboxylic acids is 4. The van der Waals surface area contributed by atoms with Crippen molar-refractivity contribution in [3.05, 3.63) is 0 Å². The van der Waals surface area contributed by atoms with Crippen molar-refractivity contribution in [1.29, 1.82) is 0 Å². The van der Waals surface area contributed by atoms with Crippen molar-refractivity contribution in [2.75, 3.05) is 6.54 Å². The molecule has 1 rings (SSSR count). The van der Waals surface area contributed by atoms with E-state index in [-0.39, 0.29) is 37.0 Å². The monoisotopic (exact) mass is 399 g/mol. The van der Waals surface area contributed by atoms with Gasteiger partial charge in [-0.15, -0.1) is 0 Å². The molecule has 1 amide bonds. The average Bonchev–Trinajstić information content (AvgIpc) is 2.98. The third kappa shape index (κ3) is 8.82. The molecule has 8 heteroatoms. The van der Waals surface area contributed by atoms with Gasteiger partial charge < -0.3 is 19.5 Å². The van der Waals surface area contributed by atoms with Gasteiger partial charge >= 0.3 is 11.9 Å². The van der Waals surface area contributed by atoms with Crippen molar-refractivity contribution in [3.8, 4) is 0 Å². The Bertz CT molecular complexity index is 563. The number of hydrogen-bond acceptors (Lipinski definition) is 7. The molecule has 1 saturated heterocycles. The summed E-state index contributed by atoms with van der Waals surface area (Å²) in [6.07, 6.45) is 0.374. The predicted octanol–water partition coefficient (Wildman–Crippen LogP) is 1.76. The minimum atomic E-state index is -0.798. The zero-order chi connectivity index (χ0) is 21.3. The second-order valence-corrected chi connectivity index (χ2v) is 7.53. The first-order valence-corrected chi connectivity index (χ1v) is 9.96. The summed E-state index contributed by atoms with van der Waals surface area (Å²) < 4.78 is 10.6. The van der Waals surface area contributed by atoms with Crippen LogP contribution in [0.2, 0.25) is 0 Å². The van der Waals surface area contributed by atoms with E-state index in [0.717, 1.165) is 6.42 Å². The summed E-state index contributed by atoms with van der Waals surface area (Å²) in [5, 5.41) is 10.5. The number of ketones is 1. The largest absolute Gasteiger partial charge is 0.462 e. The highest BCUT2D eigenvalue weighted by Crippen LogP contribution is 2.21. The highest BCUT2D eigenvalue weighted by molar-refractivity contribution is 5.94. The first kappa shape index (κ1) is 24.1. The number of esters is 2. The predicted molar refractivity (Wildman–Crippen MR) is 101 cm³/mol. The van der Waals surface area contributed by atoms with Gasteiger partial charge in [0.05, 0.1) is 6.10 Å². The van der Waals surface area contributed by atoms with Crippen LogP contribution in [0, 0.1) is 0 Å². The van der Waals surface area contributed by atoms with Gasteiger partial charge in [-0.2, -0.15) is 0 Å². The molecule has 28 heavy (non-hydrogen) atoms. The maximum Gasteiger partial charge on any atom is 0.313 e. The fraction of sp³-hybridized carbons (Fsp3) is 0.800. The Balaban J connectivity index is 2.70. The van der Waals surface area contributed by atoms with Crippen LogP contribution in [0.25, 0.3) is 0 Å². The van der Waals surface area contributed by atoms with Gasteiger partial charge in [0, 0.05) is 38.8 Å². The van der Waals surface area contributed by atoms with Crippen molar-refractivity contribution in [2.45, 2.75) is 97.0 Å². The fourth-order valence-corrected chi connectivity index (χ4v) is 3.51. The Morgan fingerprint density at radius 2 is 1.79 bits per heavy atom. The number of aliphatic hydroxyl groups excluding tert-OH is 1. The lowest BCUT2D eigenvalue weighted by atomic mass is 9.99. The molecule has 0 bridgehead atoms. The number of ether oxygens (including phenoxy) is 2. The SMILES string of the molecule is CCC(CC(CC(O)CC(C)N1CCCC1=O)OC(=O)CC(C)=O)OC(C)=O. The Morgan fingerprint density at radius 3 is 2.29 bits per heavy atom. The van der Waals surface area contributed by atoms with Gasteiger partial charge in [-0.3, -0.25) is 19.2 Å². The molecule has 0 saturated carbocycles. The van der Waals surface area contributed by atoms with E-state index >= 15 is 0 Å². The third-order valence-corrected chi connectivity index (χ3v) is 4.80. The van der Waals surface area contributed by atoms with E-state index in [1.807, 2.05) is 13.8 Å². The van der Waals surface area contributed by atoms with Gasteiger partial charge in [-0.1, -0.05) is 6.92 Å². The number of carbonyl (C=O) groups is 4. The first-order valence-electron chi connectivity index (χ1n) is 9.96. The second-order valence-electron chi connectivity index (χ2n) is 7.53. The lowest BCUT2D eigenvalue weighted by Gasteiger charge is -2.29. The number of nitrogens with zero attached hydrogens (tertiary/aromatic N) is 1. The van der Waals surface area contributed by atoms with Gasteiger partial charge in [0.1, 0.15) is 24.4 Å². The maximum absolute atomic E-state index is 11.9. The third-order valence-electron chi connectivity index (χ3n) is 4.80. The molecule has 8 nitrogen and oxygen atoms in total.